The number of H-pyrrole nitrogens is 1. The highest BCUT2D eigenvalue weighted by molar-refractivity contribution is 6.31. The first-order chi connectivity index (χ1) is 18.5. The number of hydrogen-bond donors (Lipinski definition) is 1. The predicted octanol–water partition coefficient (Wildman–Crippen LogP) is 7.05. The van der Waals surface area contributed by atoms with Crippen molar-refractivity contribution < 1.29 is 14.3 Å². The zero-order valence-electron chi connectivity index (χ0n) is 21.5. The Bertz CT molecular complexity index is 1480. The van der Waals surface area contributed by atoms with Crippen LogP contribution in [0, 0.1) is 25.7 Å². The zero-order chi connectivity index (χ0) is 26.2. The molecule has 1 saturated carbocycles. The van der Waals surface area contributed by atoms with E-state index in [1.165, 1.54) is 25.7 Å². The second-order valence-electron chi connectivity index (χ2n) is 10.3. The van der Waals surface area contributed by atoms with Crippen LogP contribution in [0.2, 0.25) is 5.02 Å². The molecule has 8 heteroatoms. The maximum atomic E-state index is 13.3. The molecule has 0 amide bonds. The Balaban J connectivity index is 1.17. The summed E-state index contributed by atoms with van der Waals surface area (Å²) in [7, 11) is 0. The van der Waals surface area contributed by atoms with Crippen molar-refractivity contribution in [2.24, 2.45) is 11.8 Å². The summed E-state index contributed by atoms with van der Waals surface area (Å²) in [5.74, 6) is 3.65. The van der Waals surface area contributed by atoms with Crippen LogP contribution in [0.5, 0.6) is 17.2 Å². The third-order valence-corrected chi connectivity index (χ3v) is 8.39. The van der Waals surface area contributed by atoms with Gasteiger partial charge < -0.3 is 9.47 Å². The number of aromatic amines is 1. The van der Waals surface area contributed by atoms with E-state index in [9.17, 15) is 4.79 Å². The van der Waals surface area contributed by atoms with Gasteiger partial charge in [0.15, 0.2) is 5.78 Å². The first-order valence-corrected chi connectivity index (χ1v) is 13.5. The lowest BCUT2D eigenvalue weighted by Gasteiger charge is -2.16. The van der Waals surface area contributed by atoms with Gasteiger partial charge in [-0.2, -0.15) is 5.21 Å². The number of ether oxygens (including phenoxy) is 2. The van der Waals surface area contributed by atoms with E-state index in [-0.39, 0.29) is 5.92 Å². The van der Waals surface area contributed by atoms with Crippen LogP contribution in [0.1, 0.15) is 58.3 Å². The molecule has 2 aliphatic rings. The molecule has 3 aromatic carbocycles. The summed E-state index contributed by atoms with van der Waals surface area (Å²) in [5, 5.41) is 14.6. The van der Waals surface area contributed by atoms with Gasteiger partial charge in [0.05, 0.1) is 0 Å². The minimum absolute atomic E-state index is 0.130. The Morgan fingerprint density at radius 3 is 2.50 bits per heavy atom. The van der Waals surface area contributed by atoms with Crippen molar-refractivity contribution in [3.05, 3.63) is 81.4 Å². The van der Waals surface area contributed by atoms with Gasteiger partial charge in [-0.1, -0.05) is 24.4 Å². The molecule has 1 aromatic heterocycles. The molecule has 1 atom stereocenters. The van der Waals surface area contributed by atoms with Crippen molar-refractivity contribution in [1.82, 2.24) is 20.6 Å². The van der Waals surface area contributed by atoms with Crippen LogP contribution in [0.25, 0.3) is 11.4 Å². The molecule has 0 radical (unpaired) electrons. The van der Waals surface area contributed by atoms with E-state index in [2.05, 4.69) is 26.7 Å². The highest BCUT2D eigenvalue weighted by Crippen LogP contribution is 2.43. The number of halogens is 1. The predicted molar refractivity (Wildman–Crippen MR) is 145 cm³/mol. The number of Topliss-reactive ketones (excluding diaryl/α,β-unsaturated/α-hetero) is 1. The van der Waals surface area contributed by atoms with Crippen LogP contribution >= 0.6 is 11.6 Å². The van der Waals surface area contributed by atoms with E-state index in [1.807, 2.05) is 56.3 Å². The number of carbonyl (C=O) groups is 1. The molecule has 38 heavy (non-hydrogen) atoms. The van der Waals surface area contributed by atoms with Gasteiger partial charge in [-0.05, 0) is 109 Å². The lowest BCUT2D eigenvalue weighted by atomic mass is 9.87. The molecule has 0 aliphatic heterocycles. The fourth-order valence-electron chi connectivity index (χ4n) is 5.83. The Labute approximate surface area is 226 Å². The second-order valence-corrected chi connectivity index (χ2v) is 10.7. The summed E-state index contributed by atoms with van der Waals surface area (Å²) in [6, 6.07) is 15.1. The largest absolute Gasteiger partial charge is 0.489 e. The smallest absolute Gasteiger partial charge is 0.204 e. The van der Waals surface area contributed by atoms with Gasteiger partial charge in [-0.15, -0.1) is 10.2 Å². The van der Waals surface area contributed by atoms with Crippen molar-refractivity contribution in [2.45, 2.75) is 52.6 Å². The van der Waals surface area contributed by atoms with Crippen molar-refractivity contribution in [1.29, 1.82) is 0 Å². The average molecular weight is 529 g/mol. The lowest BCUT2D eigenvalue weighted by Crippen LogP contribution is -2.18. The van der Waals surface area contributed by atoms with E-state index >= 15 is 0 Å². The number of aromatic nitrogens is 4. The Morgan fingerprint density at radius 2 is 1.76 bits per heavy atom. The van der Waals surface area contributed by atoms with Crippen molar-refractivity contribution in [2.75, 3.05) is 0 Å². The summed E-state index contributed by atoms with van der Waals surface area (Å²) >= 11 is 6.52. The summed E-state index contributed by atoms with van der Waals surface area (Å²) in [5.41, 5.74) is 5.76. The zero-order valence-corrected chi connectivity index (χ0v) is 22.2. The Kier molecular flexibility index (Phi) is 6.62. The van der Waals surface area contributed by atoms with Crippen molar-refractivity contribution >= 4 is 17.4 Å². The van der Waals surface area contributed by atoms with E-state index < -0.39 is 0 Å². The summed E-state index contributed by atoms with van der Waals surface area (Å²) in [6.07, 6.45) is 5.65. The third kappa shape index (κ3) is 4.67. The minimum Gasteiger partial charge on any atom is -0.489 e. The maximum absolute atomic E-state index is 13.3. The Morgan fingerprint density at radius 1 is 1.00 bits per heavy atom. The monoisotopic (exact) mass is 528 g/mol. The van der Waals surface area contributed by atoms with Crippen molar-refractivity contribution in [3.63, 3.8) is 0 Å². The van der Waals surface area contributed by atoms with E-state index in [4.69, 9.17) is 21.1 Å². The normalized spacial score (nSPS) is 17.1. The van der Waals surface area contributed by atoms with Gasteiger partial charge in [0.25, 0.3) is 0 Å². The second kappa shape index (κ2) is 10.2. The van der Waals surface area contributed by atoms with E-state index in [0.717, 1.165) is 45.6 Å². The molecule has 6 rings (SSSR count). The van der Waals surface area contributed by atoms with E-state index in [0.29, 0.717) is 40.7 Å². The number of hydrogen-bond acceptors (Lipinski definition) is 6. The van der Waals surface area contributed by atoms with Gasteiger partial charge in [0, 0.05) is 27.6 Å². The molecule has 4 aromatic rings. The molecular weight excluding hydrogens is 500 g/mol. The molecule has 0 spiro atoms. The maximum Gasteiger partial charge on any atom is 0.204 e. The van der Waals surface area contributed by atoms with Crippen LogP contribution in [0.4, 0.5) is 0 Å². The van der Waals surface area contributed by atoms with Gasteiger partial charge >= 0.3 is 0 Å². The molecule has 1 N–H and O–H groups in total. The highest BCUT2D eigenvalue weighted by Gasteiger charge is 2.39. The molecule has 2 aliphatic carbocycles. The Hall–Kier alpha value is -3.71. The standard InChI is InChI=1S/C30H29ClN4O3/c1-17-18(2)28-21(14-25(29(28)36)19-5-3-4-6-19)15-27(17)37-16-22-13-24(11-12-26(22)31)38-23-9-7-20(8-10-23)30-32-34-35-33-30/h7-13,15,19,25H,3-6,14,16H2,1-2H3,(H,32,33,34,35). The summed E-state index contributed by atoms with van der Waals surface area (Å²) < 4.78 is 12.4. The lowest BCUT2D eigenvalue weighted by molar-refractivity contribution is 0.0894. The molecule has 1 unspecified atom stereocenters. The fraction of sp³-hybridized carbons (Fsp3) is 0.333. The molecule has 1 heterocycles. The molecule has 0 saturated heterocycles. The number of nitrogens with zero attached hydrogens (tertiary/aromatic N) is 3. The number of carbonyl (C=O) groups excluding carboxylic acids is 1. The van der Waals surface area contributed by atoms with Gasteiger partial charge in [-0.3, -0.25) is 4.79 Å². The molecule has 1 fully saturated rings. The molecule has 7 nitrogen and oxygen atoms in total. The van der Waals surface area contributed by atoms with Crippen LogP contribution < -0.4 is 9.47 Å². The number of ketones is 1. The van der Waals surface area contributed by atoms with Gasteiger partial charge in [0.2, 0.25) is 5.82 Å². The average Bonchev–Trinajstić information content (AvgIpc) is 3.69. The SMILES string of the molecule is Cc1c(OCc2cc(Oc3ccc(-c4nn[nH]n4)cc3)ccc2Cl)cc2c(c1C)C(=O)C(C1CCCC1)C2. The van der Waals surface area contributed by atoms with Gasteiger partial charge in [0.1, 0.15) is 23.9 Å². The molecular formula is C30H29ClN4O3. The number of tetrazole rings is 1. The third-order valence-electron chi connectivity index (χ3n) is 8.02. The number of benzene rings is 3. The topological polar surface area (TPSA) is 90.0 Å². The van der Waals surface area contributed by atoms with Crippen LogP contribution in [0.15, 0.2) is 48.5 Å². The van der Waals surface area contributed by atoms with Crippen LogP contribution in [0.3, 0.4) is 0 Å². The number of fused-ring (bicyclic) bond motifs is 1. The van der Waals surface area contributed by atoms with Crippen molar-refractivity contribution in [3.8, 4) is 28.6 Å². The first-order valence-electron chi connectivity index (χ1n) is 13.1. The highest BCUT2D eigenvalue weighted by atomic mass is 35.5. The fourth-order valence-corrected chi connectivity index (χ4v) is 6.01. The van der Waals surface area contributed by atoms with E-state index in [1.54, 1.807) is 0 Å². The summed E-state index contributed by atoms with van der Waals surface area (Å²) in [6.45, 7) is 4.37. The number of rotatable bonds is 7. The minimum atomic E-state index is 0.130. The first kappa shape index (κ1) is 24.6. The summed E-state index contributed by atoms with van der Waals surface area (Å²) in [4.78, 5) is 13.3. The molecule has 0 bridgehead atoms. The van der Waals surface area contributed by atoms with Gasteiger partial charge in [-0.25, -0.2) is 0 Å². The van der Waals surface area contributed by atoms with Crippen LogP contribution in [-0.4, -0.2) is 26.4 Å². The van der Waals surface area contributed by atoms with Crippen LogP contribution in [-0.2, 0) is 13.0 Å². The molecule has 194 valence electrons. The quantitative estimate of drug-likeness (QED) is 0.276. The number of nitrogens with one attached hydrogen (secondary N) is 1.